The molecule has 0 spiro atoms. The number of hydrogen-bond donors (Lipinski definition) is 0. The molecule has 24 valence electrons. The molecule has 0 aromatic carbocycles. The summed E-state index contributed by atoms with van der Waals surface area (Å²) in [5.41, 5.74) is 0. The molecular formula is H5LiORuSn. The van der Waals surface area contributed by atoms with Crippen molar-refractivity contribution in [3.63, 3.8) is 0 Å². The van der Waals surface area contributed by atoms with Gasteiger partial charge in [0, 0.05) is 19.5 Å². The number of hydrogen-bond acceptors (Lipinski definition) is 0. The minimum atomic E-state index is 0. The van der Waals surface area contributed by atoms with Crippen molar-refractivity contribution in [2.75, 3.05) is 0 Å². The Kier molecular flexibility index (Phi) is 190. The molecule has 0 bridgehead atoms. The van der Waals surface area contributed by atoms with Crippen LogP contribution in [0.2, 0.25) is 0 Å². The average molecular weight is 248 g/mol. The predicted octanol–water partition coefficient (Wildman–Crippen LogP) is -2.39. The maximum absolute atomic E-state index is 0. The van der Waals surface area contributed by atoms with Crippen LogP contribution in [0.15, 0.2) is 0 Å². The normalized spacial score (nSPS) is 0. The van der Waals surface area contributed by atoms with Gasteiger partial charge in [-0.2, -0.15) is 0 Å². The molecule has 2 radical (unpaired) electrons. The van der Waals surface area contributed by atoms with E-state index in [2.05, 4.69) is 0 Å². The molecule has 4 heteroatoms. The van der Waals surface area contributed by atoms with Crippen LogP contribution in [-0.2, 0) is 19.5 Å². The van der Waals surface area contributed by atoms with E-state index in [0.717, 1.165) is 0 Å². The molecule has 0 rings (SSSR count). The van der Waals surface area contributed by atoms with Gasteiger partial charge in [0.15, 0.2) is 0 Å². The summed E-state index contributed by atoms with van der Waals surface area (Å²) in [5, 5.41) is 0. The molecule has 0 aliphatic heterocycles. The van der Waals surface area contributed by atoms with Crippen LogP contribution in [0.5, 0.6) is 0 Å². The first kappa shape index (κ1) is 37.8. The van der Waals surface area contributed by atoms with Crippen LogP contribution >= 0.6 is 0 Å². The van der Waals surface area contributed by atoms with Crippen LogP contribution in [0.3, 0.4) is 0 Å². The minimum absolute atomic E-state index is 0. The fraction of sp³-hybridized carbons (Fsp3) is 0. The van der Waals surface area contributed by atoms with E-state index in [1.165, 1.54) is 0 Å². The zero-order valence-corrected chi connectivity index (χ0v) is 7.34. The van der Waals surface area contributed by atoms with Gasteiger partial charge in [0.1, 0.15) is 0 Å². The van der Waals surface area contributed by atoms with E-state index in [1.54, 1.807) is 0 Å². The zero-order valence-electron chi connectivity index (χ0n) is 1.56. The van der Waals surface area contributed by atoms with Crippen LogP contribution in [0.1, 0.15) is 0 Å². The first-order valence-corrected chi connectivity index (χ1v) is 0. The molecule has 0 heterocycles. The molecule has 0 aromatic heterocycles. The van der Waals surface area contributed by atoms with Gasteiger partial charge in [-0.25, -0.2) is 0 Å². The van der Waals surface area contributed by atoms with E-state index in [0.29, 0.717) is 0 Å². The predicted molar refractivity (Wildman–Crippen MR) is 19.3 cm³/mol. The first-order chi connectivity index (χ1) is 0. The monoisotopic (exact) mass is 250 g/mol. The van der Waals surface area contributed by atoms with E-state index in [9.17, 15) is 0 Å². The van der Waals surface area contributed by atoms with Crippen molar-refractivity contribution in [3.05, 3.63) is 0 Å². The third-order valence-electron chi connectivity index (χ3n) is 0. The van der Waals surface area contributed by atoms with Gasteiger partial charge in [0.05, 0.1) is 0 Å². The Labute approximate surface area is 67.1 Å². The SMILES string of the molecule is O.[LiH].[Ru].[SnH2]. The topological polar surface area (TPSA) is 31.5 Å². The summed E-state index contributed by atoms with van der Waals surface area (Å²) < 4.78 is 0. The molecule has 4 heavy (non-hydrogen) atoms. The van der Waals surface area contributed by atoms with Crippen molar-refractivity contribution in [2.45, 2.75) is 0 Å². The summed E-state index contributed by atoms with van der Waals surface area (Å²) in [5.74, 6) is 0. The van der Waals surface area contributed by atoms with Crippen molar-refractivity contribution in [1.82, 2.24) is 0 Å². The first-order valence-electron chi connectivity index (χ1n) is 0. The van der Waals surface area contributed by atoms with Crippen molar-refractivity contribution < 1.29 is 25.0 Å². The van der Waals surface area contributed by atoms with Crippen LogP contribution in [-0.4, -0.2) is 48.2 Å². The molecule has 0 aromatic rings. The fourth-order valence-electron chi connectivity index (χ4n) is 0. The van der Waals surface area contributed by atoms with Crippen LogP contribution < -0.4 is 0 Å². The fourth-order valence-corrected chi connectivity index (χ4v) is 0. The quantitative estimate of drug-likeness (QED) is 0.428. The molecule has 0 saturated carbocycles. The maximum atomic E-state index is 0. The summed E-state index contributed by atoms with van der Waals surface area (Å²) in [6.45, 7) is 0. The summed E-state index contributed by atoms with van der Waals surface area (Å²) in [4.78, 5) is 0. The van der Waals surface area contributed by atoms with Crippen LogP contribution in [0.25, 0.3) is 0 Å². The van der Waals surface area contributed by atoms with Crippen LogP contribution in [0.4, 0.5) is 0 Å². The molecule has 0 aliphatic carbocycles. The van der Waals surface area contributed by atoms with Gasteiger partial charge in [-0.1, -0.05) is 0 Å². The molecule has 0 saturated heterocycles. The zero-order chi connectivity index (χ0) is 0. The van der Waals surface area contributed by atoms with Gasteiger partial charge < -0.3 is 5.48 Å². The van der Waals surface area contributed by atoms with E-state index in [4.69, 9.17) is 0 Å². The van der Waals surface area contributed by atoms with Crippen molar-refractivity contribution in [2.24, 2.45) is 0 Å². The van der Waals surface area contributed by atoms with Crippen molar-refractivity contribution in [1.29, 1.82) is 0 Å². The van der Waals surface area contributed by atoms with Gasteiger partial charge in [-0.15, -0.1) is 0 Å². The van der Waals surface area contributed by atoms with Gasteiger partial charge >= 0.3 is 42.8 Å². The molecule has 0 unspecified atom stereocenters. The van der Waals surface area contributed by atoms with E-state index >= 15 is 0 Å². The van der Waals surface area contributed by atoms with E-state index in [-0.39, 0.29) is 67.7 Å². The summed E-state index contributed by atoms with van der Waals surface area (Å²) in [7, 11) is 0. The summed E-state index contributed by atoms with van der Waals surface area (Å²) >= 11 is 0. The molecule has 0 aliphatic rings. The molecule has 0 fully saturated rings. The molecule has 2 N–H and O–H groups in total. The van der Waals surface area contributed by atoms with Crippen molar-refractivity contribution in [3.8, 4) is 0 Å². The Hall–Kier alpha value is 1.98. The molecular weight excluding hydrogens is 243 g/mol. The average Bonchev–Trinajstić information content (AvgIpc) is 0. The Morgan fingerprint density at radius 2 is 1.00 bits per heavy atom. The Morgan fingerprint density at radius 1 is 1.00 bits per heavy atom. The Balaban J connectivity index is 0. The van der Waals surface area contributed by atoms with Crippen LogP contribution in [0, 0.1) is 0 Å². The van der Waals surface area contributed by atoms with Gasteiger partial charge in [0.2, 0.25) is 0 Å². The second-order valence-electron chi connectivity index (χ2n) is 0. The van der Waals surface area contributed by atoms with Gasteiger partial charge in [0.25, 0.3) is 0 Å². The standard InChI is InChI=1S/Li.H2O.Ru.Sn.3H/h;1H2;;;;;. The van der Waals surface area contributed by atoms with E-state index < -0.39 is 0 Å². The molecule has 1 nitrogen and oxygen atoms in total. The van der Waals surface area contributed by atoms with E-state index in [1.807, 2.05) is 0 Å². The second-order valence-corrected chi connectivity index (χ2v) is 0. The number of rotatable bonds is 0. The Morgan fingerprint density at radius 3 is 1.00 bits per heavy atom. The second kappa shape index (κ2) is 20.1. The van der Waals surface area contributed by atoms with Gasteiger partial charge in [-0.3, -0.25) is 0 Å². The molecule has 0 amide bonds. The summed E-state index contributed by atoms with van der Waals surface area (Å²) in [6, 6.07) is 0. The summed E-state index contributed by atoms with van der Waals surface area (Å²) in [6.07, 6.45) is 0. The van der Waals surface area contributed by atoms with Crippen molar-refractivity contribution >= 4 is 42.8 Å². The third kappa shape index (κ3) is 9.02. The van der Waals surface area contributed by atoms with Gasteiger partial charge in [-0.05, 0) is 0 Å². The molecule has 0 atom stereocenters. The third-order valence-corrected chi connectivity index (χ3v) is 0. The Bertz CT molecular complexity index is 8.00.